The van der Waals surface area contributed by atoms with Crippen molar-refractivity contribution < 1.29 is 4.74 Å². The molecule has 2 rings (SSSR count). The lowest BCUT2D eigenvalue weighted by atomic mass is 9.86. The topological polar surface area (TPSA) is 21.3 Å². The number of nitrogens with one attached hydrogen (secondary N) is 1. The molecular weight excluding hydrogens is 186 g/mol. The summed E-state index contributed by atoms with van der Waals surface area (Å²) in [5.41, 5.74) is 2.66. The van der Waals surface area contributed by atoms with Gasteiger partial charge in [0.2, 0.25) is 0 Å². The molecule has 1 heterocycles. The van der Waals surface area contributed by atoms with Crippen molar-refractivity contribution >= 4 is 5.69 Å². The molecule has 1 aliphatic heterocycles. The van der Waals surface area contributed by atoms with Crippen LogP contribution < -0.4 is 10.1 Å². The monoisotopic (exact) mass is 205 g/mol. The SMILES string of the molecule is COc1ccc2c(c1)CC(C(C)C)CN2. The van der Waals surface area contributed by atoms with Crippen LogP contribution in [-0.2, 0) is 6.42 Å². The summed E-state index contributed by atoms with van der Waals surface area (Å²) >= 11 is 0. The van der Waals surface area contributed by atoms with Gasteiger partial charge in [0.25, 0.3) is 0 Å². The van der Waals surface area contributed by atoms with Crippen molar-refractivity contribution in [2.75, 3.05) is 19.0 Å². The molecule has 1 aromatic rings. The predicted octanol–water partition coefficient (Wildman–Crippen LogP) is 2.94. The Morgan fingerprint density at radius 3 is 2.87 bits per heavy atom. The van der Waals surface area contributed by atoms with E-state index in [4.69, 9.17) is 4.74 Å². The van der Waals surface area contributed by atoms with Crippen LogP contribution in [0.4, 0.5) is 5.69 Å². The van der Waals surface area contributed by atoms with Gasteiger partial charge in [0.1, 0.15) is 5.75 Å². The van der Waals surface area contributed by atoms with E-state index in [0.717, 1.165) is 30.6 Å². The van der Waals surface area contributed by atoms with E-state index in [9.17, 15) is 0 Å². The maximum Gasteiger partial charge on any atom is 0.119 e. The van der Waals surface area contributed by atoms with E-state index in [1.54, 1.807) is 7.11 Å². The predicted molar refractivity (Wildman–Crippen MR) is 63.5 cm³/mol. The zero-order valence-corrected chi connectivity index (χ0v) is 9.71. The van der Waals surface area contributed by atoms with Gasteiger partial charge in [-0.3, -0.25) is 0 Å². The molecule has 1 aliphatic rings. The van der Waals surface area contributed by atoms with E-state index in [0.29, 0.717) is 0 Å². The zero-order chi connectivity index (χ0) is 10.8. The average Bonchev–Trinajstić information content (AvgIpc) is 2.27. The Labute approximate surface area is 91.6 Å². The third kappa shape index (κ3) is 2.09. The maximum atomic E-state index is 5.25. The highest BCUT2D eigenvalue weighted by Crippen LogP contribution is 2.30. The second-order valence-electron chi connectivity index (χ2n) is 4.61. The number of fused-ring (bicyclic) bond motifs is 1. The highest BCUT2D eigenvalue weighted by molar-refractivity contribution is 5.56. The van der Waals surface area contributed by atoms with Gasteiger partial charge in [-0.15, -0.1) is 0 Å². The summed E-state index contributed by atoms with van der Waals surface area (Å²) < 4.78 is 5.25. The number of methoxy groups -OCH3 is 1. The van der Waals surface area contributed by atoms with Crippen molar-refractivity contribution in [1.29, 1.82) is 0 Å². The second kappa shape index (κ2) is 4.13. The lowest BCUT2D eigenvalue weighted by molar-refractivity contribution is 0.389. The van der Waals surface area contributed by atoms with Gasteiger partial charge in [-0.25, -0.2) is 0 Å². The van der Waals surface area contributed by atoms with E-state index < -0.39 is 0 Å². The van der Waals surface area contributed by atoms with E-state index >= 15 is 0 Å². The molecule has 1 atom stereocenters. The van der Waals surface area contributed by atoms with Gasteiger partial charge in [0.15, 0.2) is 0 Å². The van der Waals surface area contributed by atoms with Crippen LogP contribution in [0.25, 0.3) is 0 Å². The van der Waals surface area contributed by atoms with E-state index in [-0.39, 0.29) is 0 Å². The average molecular weight is 205 g/mol. The lowest BCUT2D eigenvalue weighted by Gasteiger charge is -2.29. The van der Waals surface area contributed by atoms with Crippen LogP contribution in [0.3, 0.4) is 0 Å². The Morgan fingerprint density at radius 1 is 1.40 bits per heavy atom. The zero-order valence-electron chi connectivity index (χ0n) is 9.71. The van der Waals surface area contributed by atoms with Crippen LogP contribution >= 0.6 is 0 Å². The van der Waals surface area contributed by atoms with Crippen LogP contribution in [0, 0.1) is 11.8 Å². The largest absolute Gasteiger partial charge is 0.497 e. The van der Waals surface area contributed by atoms with Gasteiger partial charge in [-0.05, 0) is 42.0 Å². The summed E-state index contributed by atoms with van der Waals surface area (Å²) in [6, 6.07) is 6.28. The first-order valence-electron chi connectivity index (χ1n) is 5.61. The van der Waals surface area contributed by atoms with Gasteiger partial charge < -0.3 is 10.1 Å². The highest BCUT2D eigenvalue weighted by atomic mass is 16.5. The van der Waals surface area contributed by atoms with Crippen LogP contribution in [0.15, 0.2) is 18.2 Å². The van der Waals surface area contributed by atoms with Crippen LogP contribution in [-0.4, -0.2) is 13.7 Å². The Hall–Kier alpha value is -1.18. The van der Waals surface area contributed by atoms with Crippen molar-refractivity contribution in [3.05, 3.63) is 23.8 Å². The van der Waals surface area contributed by atoms with Gasteiger partial charge in [-0.1, -0.05) is 13.8 Å². The minimum atomic E-state index is 0.733. The van der Waals surface area contributed by atoms with Crippen molar-refractivity contribution in [1.82, 2.24) is 0 Å². The molecule has 82 valence electrons. The fraction of sp³-hybridized carbons (Fsp3) is 0.538. The number of rotatable bonds is 2. The molecule has 0 aliphatic carbocycles. The minimum Gasteiger partial charge on any atom is -0.497 e. The molecule has 0 saturated carbocycles. The Balaban J connectivity index is 2.23. The van der Waals surface area contributed by atoms with Crippen LogP contribution in [0.2, 0.25) is 0 Å². The molecule has 0 saturated heterocycles. The van der Waals surface area contributed by atoms with Crippen molar-refractivity contribution in [3.63, 3.8) is 0 Å². The molecule has 1 unspecified atom stereocenters. The molecule has 0 aromatic heterocycles. The van der Waals surface area contributed by atoms with Crippen LogP contribution in [0.5, 0.6) is 5.75 Å². The summed E-state index contributed by atoms with van der Waals surface area (Å²) in [6.45, 7) is 5.67. The van der Waals surface area contributed by atoms with E-state index in [2.05, 4.69) is 31.3 Å². The van der Waals surface area contributed by atoms with Crippen molar-refractivity contribution in [3.8, 4) is 5.75 Å². The van der Waals surface area contributed by atoms with Gasteiger partial charge in [-0.2, -0.15) is 0 Å². The molecule has 15 heavy (non-hydrogen) atoms. The summed E-state index contributed by atoms with van der Waals surface area (Å²) in [4.78, 5) is 0. The molecule has 1 N–H and O–H groups in total. The normalized spacial score (nSPS) is 19.6. The third-order valence-corrected chi connectivity index (χ3v) is 3.29. The molecule has 1 aromatic carbocycles. The number of hydrogen-bond donors (Lipinski definition) is 1. The van der Waals surface area contributed by atoms with Crippen molar-refractivity contribution in [2.24, 2.45) is 11.8 Å². The Bertz CT molecular complexity index is 346. The number of hydrogen-bond acceptors (Lipinski definition) is 2. The van der Waals surface area contributed by atoms with Gasteiger partial charge in [0.05, 0.1) is 7.11 Å². The molecule has 0 bridgehead atoms. The summed E-state index contributed by atoms with van der Waals surface area (Å²) in [5, 5.41) is 3.49. The molecule has 0 radical (unpaired) electrons. The molecule has 2 heteroatoms. The first kappa shape index (κ1) is 10.3. The van der Waals surface area contributed by atoms with E-state index in [1.807, 2.05) is 6.07 Å². The van der Waals surface area contributed by atoms with Gasteiger partial charge >= 0.3 is 0 Å². The first-order valence-corrected chi connectivity index (χ1v) is 5.61. The number of ether oxygens (including phenoxy) is 1. The fourth-order valence-corrected chi connectivity index (χ4v) is 2.11. The standard InChI is InChI=1S/C13H19NO/c1-9(2)11-6-10-7-12(15-3)4-5-13(10)14-8-11/h4-5,7,9,11,14H,6,8H2,1-3H3. The third-order valence-electron chi connectivity index (χ3n) is 3.29. The Kier molecular flexibility index (Phi) is 2.85. The van der Waals surface area contributed by atoms with Crippen LogP contribution in [0.1, 0.15) is 19.4 Å². The molecule has 0 amide bonds. The van der Waals surface area contributed by atoms with Gasteiger partial charge in [0, 0.05) is 12.2 Å². The summed E-state index contributed by atoms with van der Waals surface area (Å²) in [6.07, 6.45) is 1.16. The van der Waals surface area contributed by atoms with Crippen molar-refractivity contribution in [2.45, 2.75) is 20.3 Å². The molecule has 2 nitrogen and oxygen atoms in total. The summed E-state index contributed by atoms with van der Waals surface area (Å²) in [5.74, 6) is 2.43. The quantitative estimate of drug-likeness (QED) is 0.801. The number of anilines is 1. The lowest BCUT2D eigenvalue weighted by Crippen LogP contribution is -2.26. The molecule has 0 fully saturated rings. The maximum absolute atomic E-state index is 5.25. The summed E-state index contributed by atoms with van der Waals surface area (Å²) in [7, 11) is 1.72. The highest BCUT2D eigenvalue weighted by Gasteiger charge is 2.20. The minimum absolute atomic E-state index is 0.733. The first-order chi connectivity index (χ1) is 7.20. The van der Waals surface area contributed by atoms with E-state index in [1.165, 1.54) is 11.3 Å². The Morgan fingerprint density at radius 2 is 2.20 bits per heavy atom. The number of benzene rings is 1. The molecule has 0 spiro atoms. The fourth-order valence-electron chi connectivity index (χ4n) is 2.11. The second-order valence-corrected chi connectivity index (χ2v) is 4.61. The smallest absolute Gasteiger partial charge is 0.119 e. The molecular formula is C13H19NO.